The van der Waals surface area contributed by atoms with Gasteiger partial charge in [0.15, 0.2) is 5.76 Å². The highest BCUT2D eigenvalue weighted by Gasteiger charge is 2.24. The Hall–Kier alpha value is -2.40. The van der Waals surface area contributed by atoms with Crippen LogP contribution in [0.5, 0.6) is 0 Å². The summed E-state index contributed by atoms with van der Waals surface area (Å²) in [4.78, 5) is 4.41. The average Bonchev–Trinajstić information content (AvgIpc) is 3.16. The number of furan rings is 1. The molecule has 3 aromatic rings. The molecule has 5 heteroatoms. The minimum Gasteiger partial charge on any atom is -0.453 e. The van der Waals surface area contributed by atoms with Crippen LogP contribution in [0.1, 0.15) is 18.2 Å². The molecule has 100 valence electrons. The van der Waals surface area contributed by atoms with E-state index in [-0.39, 0.29) is 12.0 Å². The molecule has 2 heterocycles. The van der Waals surface area contributed by atoms with Gasteiger partial charge in [0, 0.05) is 11.4 Å². The third-order valence-electron chi connectivity index (χ3n) is 3.52. The average molecular weight is 267 g/mol. The lowest BCUT2D eigenvalue weighted by Crippen LogP contribution is -2.14. The Kier molecular flexibility index (Phi) is 2.47. The van der Waals surface area contributed by atoms with E-state index in [1.807, 2.05) is 42.5 Å². The highest BCUT2D eigenvalue weighted by molar-refractivity contribution is 5.81. The van der Waals surface area contributed by atoms with E-state index in [0.29, 0.717) is 17.5 Å². The second-order valence-corrected chi connectivity index (χ2v) is 5.00. The highest BCUT2D eigenvalue weighted by Crippen LogP contribution is 2.30. The van der Waals surface area contributed by atoms with Crippen molar-refractivity contribution in [1.29, 1.82) is 0 Å². The first kappa shape index (κ1) is 11.4. The molecule has 0 spiro atoms. The van der Waals surface area contributed by atoms with Crippen molar-refractivity contribution in [2.75, 3.05) is 0 Å². The van der Waals surface area contributed by atoms with E-state index >= 15 is 0 Å². The predicted octanol–water partition coefficient (Wildman–Crippen LogP) is 2.85. The van der Waals surface area contributed by atoms with Gasteiger partial charge >= 0.3 is 0 Å². The number of aromatic nitrogens is 2. The predicted molar refractivity (Wildman–Crippen MR) is 74.0 cm³/mol. The van der Waals surface area contributed by atoms with E-state index in [1.165, 1.54) is 0 Å². The van der Waals surface area contributed by atoms with Crippen molar-refractivity contribution in [3.05, 3.63) is 48.4 Å². The summed E-state index contributed by atoms with van der Waals surface area (Å²) >= 11 is 0. The second kappa shape index (κ2) is 4.31. The molecule has 1 aliphatic carbocycles. The fraction of sp³-hybridized carbons (Fsp3) is 0.200. The minimum absolute atomic E-state index is 0.0709. The molecule has 2 N–H and O–H groups in total. The first-order valence-electron chi connectivity index (χ1n) is 6.56. The molecule has 0 fully saturated rings. The Morgan fingerprint density at radius 2 is 2.10 bits per heavy atom. The Labute approximate surface area is 115 Å². The summed E-state index contributed by atoms with van der Waals surface area (Å²) in [5.41, 5.74) is 6.65. The van der Waals surface area contributed by atoms with Crippen LogP contribution in [0.4, 0.5) is 0 Å². The number of rotatable bonds is 2. The Morgan fingerprint density at radius 1 is 1.20 bits per heavy atom. The van der Waals surface area contributed by atoms with Crippen molar-refractivity contribution in [1.82, 2.24) is 10.1 Å². The lowest BCUT2D eigenvalue weighted by Gasteiger charge is -2.01. The summed E-state index contributed by atoms with van der Waals surface area (Å²) in [5.74, 6) is 1.79. The summed E-state index contributed by atoms with van der Waals surface area (Å²) in [6.07, 6.45) is 4.79. The molecule has 0 bridgehead atoms. The van der Waals surface area contributed by atoms with Gasteiger partial charge in [-0.2, -0.15) is 4.98 Å². The molecule has 0 aliphatic heterocycles. The van der Waals surface area contributed by atoms with Gasteiger partial charge in [0.05, 0.1) is 5.92 Å². The van der Waals surface area contributed by atoms with Gasteiger partial charge in [-0.25, -0.2) is 0 Å². The van der Waals surface area contributed by atoms with Crippen LogP contribution in [0.15, 0.2) is 51.4 Å². The Morgan fingerprint density at radius 3 is 2.90 bits per heavy atom. The number of para-hydroxylation sites is 1. The molecule has 0 radical (unpaired) electrons. The van der Waals surface area contributed by atoms with E-state index in [0.717, 1.165) is 17.4 Å². The van der Waals surface area contributed by atoms with Gasteiger partial charge in [-0.15, -0.1) is 0 Å². The molecule has 0 amide bonds. The summed E-state index contributed by atoms with van der Waals surface area (Å²) in [6.45, 7) is 0. The first-order valence-corrected chi connectivity index (χ1v) is 6.56. The van der Waals surface area contributed by atoms with E-state index in [2.05, 4.69) is 10.1 Å². The van der Waals surface area contributed by atoms with Gasteiger partial charge in [0.25, 0.3) is 0 Å². The van der Waals surface area contributed by atoms with Crippen LogP contribution >= 0.6 is 0 Å². The van der Waals surface area contributed by atoms with Gasteiger partial charge in [0.2, 0.25) is 11.7 Å². The normalized spacial score (nSPS) is 21.9. The number of fused-ring (bicyclic) bond motifs is 1. The van der Waals surface area contributed by atoms with Crippen LogP contribution in [-0.2, 0) is 0 Å². The molecule has 0 saturated heterocycles. The topological polar surface area (TPSA) is 78.1 Å². The monoisotopic (exact) mass is 267 g/mol. The van der Waals surface area contributed by atoms with E-state index in [9.17, 15) is 0 Å². The van der Waals surface area contributed by atoms with Crippen LogP contribution in [0.2, 0.25) is 0 Å². The molecule has 2 aromatic heterocycles. The second-order valence-electron chi connectivity index (χ2n) is 5.00. The minimum atomic E-state index is 0.0709. The summed E-state index contributed by atoms with van der Waals surface area (Å²) in [6, 6.07) is 9.79. The number of hydrogen-bond donors (Lipinski definition) is 1. The maximum absolute atomic E-state index is 5.84. The molecule has 20 heavy (non-hydrogen) atoms. The van der Waals surface area contributed by atoms with Crippen LogP contribution in [0.3, 0.4) is 0 Å². The third kappa shape index (κ3) is 1.83. The van der Waals surface area contributed by atoms with Crippen molar-refractivity contribution < 1.29 is 8.94 Å². The zero-order valence-electron chi connectivity index (χ0n) is 10.7. The van der Waals surface area contributed by atoms with Gasteiger partial charge in [0.1, 0.15) is 5.58 Å². The van der Waals surface area contributed by atoms with Crippen LogP contribution in [0, 0.1) is 0 Å². The molecule has 2 unspecified atom stereocenters. The summed E-state index contributed by atoms with van der Waals surface area (Å²) in [7, 11) is 0. The van der Waals surface area contributed by atoms with Crippen molar-refractivity contribution in [3.63, 3.8) is 0 Å². The van der Waals surface area contributed by atoms with Crippen LogP contribution in [-0.4, -0.2) is 16.2 Å². The fourth-order valence-electron chi connectivity index (χ4n) is 2.49. The third-order valence-corrected chi connectivity index (χ3v) is 3.52. The molecule has 5 nitrogen and oxygen atoms in total. The quantitative estimate of drug-likeness (QED) is 0.722. The number of allylic oxidation sites excluding steroid dienone is 1. The van der Waals surface area contributed by atoms with E-state index in [4.69, 9.17) is 14.7 Å². The molecule has 0 saturated carbocycles. The van der Waals surface area contributed by atoms with Crippen molar-refractivity contribution in [2.45, 2.75) is 18.4 Å². The van der Waals surface area contributed by atoms with E-state index < -0.39 is 0 Å². The van der Waals surface area contributed by atoms with Crippen LogP contribution in [0.25, 0.3) is 22.6 Å². The Balaban J connectivity index is 1.69. The molecule has 1 aromatic carbocycles. The largest absolute Gasteiger partial charge is 0.453 e. The van der Waals surface area contributed by atoms with Crippen molar-refractivity contribution in [3.8, 4) is 11.6 Å². The standard InChI is InChI=1S/C15H13N3O2/c16-11-6-5-10(7-11)15-17-14(18-20-15)13-8-9-3-1-2-4-12(9)19-13/h1-6,8,10-11H,7,16H2. The highest BCUT2D eigenvalue weighted by atomic mass is 16.5. The molecule has 2 atom stereocenters. The zero-order valence-corrected chi connectivity index (χ0v) is 10.7. The molecular weight excluding hydrogens is 254 g/mol. The Bertz CT molecular complexity index is 754. The van der Waals surface area contributed by atoms with Crippen LogP contribution < -0.4 is 5.73 Å². The molecule has 4 rings (SSSR count). The smallest absolute Gasteiger partial charge is 0.238 e. The lowest BCUT2D eigenvalue weighted by molar-refractivity contribution is 0.364. The van der Waals surface area contributed by atoms with Crippen molar-refractivity contribution >= 4 is 11.0 Å². The molecule has 1 aliphatic rings. The van der Waals surface area contributed by atoms with Gasteiger partial charge < -0.3 is 14.7 Å². The van der Waals surface area contributed by atoms with Gasteiger partial charge in [-0.1, -0.05) is 35.5 Å². The fourth-order valence-corrected chi connectivity index (χ4v) is 2.49. The number of benzene rings is 1. The summed E-state index contributed by atoms with van der Waals surface area (Å²) in [5, 5.41) is 5.02. The number of nitrogens with two attached hydrogens (primary N) is 1. The van der Waals surface area contributed by atoms with Gasteiger partial charge in [-0.3, -0.25) is 0 Å². The summed E-state index contributed by atoms with van der Waals surface area (Å²) < 4.78 is 11.0. The zero-order chi connectivity index (χ0) is 13.5. The van der Waals surface area contributed by atoms with Gasteiger partial charge in [-0.05, 0) is 18.6 Å². The maximum atomic E-state index is 5.84. The van der Waals surface area contributed by atoms with E-state index in [1.54, 1.807) is 0 Å². The lowest BCUT2D eigenvalue weighted by atomic mass is 10.1. The maximum Gasteiger partial charge on any atom is 0.238 e. The number of nitrogens with zero attached hydrogens (tertiary/aromatic N) is 2. The SMILES string of the molecule is NC1C=CC(c2nc(-c3cc4ccccc4o3)no2)C1. The molecular formula is C15H13N3O2. The van der Waals surface area contributed by atoms with Crippen molar-refractivity contribution in [2.24, 2.45) is 5.73 Å². The number of hydrogen-bond acceptors (Lipinski definition) is 5. The first-order chi connectivity index (χ1) is 9.79.